The van der Waals surface area contributed by atoms with E-state index in [4.69, 9.17) is 0 Å². The van der Waals surface area contributed by atoms with Crippen molar-refractivity contribution < 1.29 is 39.9 Å². The molecule has 0 bridgehead atoms. The second kappa shape index (κ2) is 10.8. The van der Waals surface area contributed by atoms with Crippen LogP contribution in [0, 0.1) is 35.2 Å². The third-order valence-corrected chi connectivity index (χ3v) is 8.23. The van der Waals surface area contributed by atoms with E-state index in [1.54, 1.807) is 0 Å². The van der Waals surface area contributed by atoms with Gasteiger partial charge in [-0.25, -0.2) is 13.2 Å². The molecule has 0 heterocycles. The molecule has 0 unspecified atom stereocenters. The van der Waals surface area contributed by atoms with Crippen LogP contribution in [0.25, 0.3) is 0 Å². The van der Waals surface area contributed by atoms with Gasteiger partial charge in [-0.3, -0.25) is 0 Å². The first-order valence-electron chi connectivity index (χ1n) is 12.8. The second-order valence-corrected chi connectivity index (χ2v) is 10.4. The van der Waals surface area contributed by atoms with Gasteiger partial charge in [-0.15, -0.1) is 0 Å². The molecule has 9 heteroatoms. The summed E-state index contributed by atoms with van der Waals surface area (Å²) in [4.78, 5) is 0. The molecule has 204 valence electrons. The first-order chi connectivity index (χ1) is 17.4. The highest BCUT2D eigenvalue weighted by molar-refractivity contribution is 5.34. The Morgan fingerprint density at radius 1 is 0.730 bits per heavy atom. The van der Waals surface area contributed by atoms with Gasteiger partial charge in [-0.1, -0.05) is 32.3 Å². The van der Waals surface area contributed by atoms with Crippen LogP contribution in [0.3, 0.4) is 0 Å². The molecular formula is C28H30F8O. The molecule has 0 saturated heterocycles. The van der Waals surface area contributed by atoms with Crippen LogP contribution in [-0.4, -0.2) is 0 Å². The molecule has 0 amide bonds. The average Bonchev–Trinajstić information content (AvgIpc) is 2.82. The highest BCUT2D eigenvalue weighted by Crippen LogP contribution is 2.45. The summed E-state index contributed by atoms with van der Waals surface area (Å²) in [5, 5.41) is 0. The summed E-state index contributed by atoms with van der Waals surface area (Å²) in [7, 11) is 0. The van der Waals surface area contributed by atoms with Crippen molar-refractivity contribution in [3.05, 3.63) is 64.5 Å². The number of benzene rings is 2. The predicted octanol–water partition coefficient (Wildman–Crippen LogP) is 9.74. The van der Waals surface area contributed by atoms with Crippen molar-refractivity contribution in [2.45, 2.75) is 82.9 Å². The van der Waals surface area contributed by atoms with E-state index in [0.717, 1.165) is 49.7 Å². The summed E-state index contributed by atoms with van der Waals surface area (Å²) in [5.41, 5.74) is -2.79. The fraction of sp³-hybridized carbons (Fsp3) is 0.571. The van der Waals surface area contributed by atoms with Gasteiger partial charge in [0, 0.05) is 12.1 Å². The highest BCUT2D eigenvalue weighted by atomic mass is 19.4. The summed E-state index contributed by atoms with van der Waals surface area (Å²) < 4.78 is 114. The van der Waals surface area contributed by atoms with Gasteiger partial charge in [0.25, 0.3) is 0 Å². The van der Waals surface area contributed by atoms with Crippen molar-refractivity contribution in [2.75, 3.05) is 0 Å². The zero-order chi connectivity index (χ0) is 27.0. The molecule has 1 nitrogen and oxygen atoms in total. The maximum atomic E-state index is 14.8. The van der Waals surface area contributed by atoms with Crippen LogP contribution >= 0.6 is 0 Å². The van der Waals surface area contributed by atoms with E-state index in [-0.39, 0.29) is 18.1 Å². The second-order valence-electron chi connectivity index (χ2n) is 10.4. The summed E-state index contributed by atoms with van der Waals surface area (Å²) in [5.74, 6) is -4.43. The van der Waals surface area contributed by atoms with E-state index in [2.05, 4.69) is 11.7 Å². The Kier molecular flexibility index (Phi) is 8.10. The normalized spacial score (nSPS) is 25.2. The SMILES string of the molecule is CCC1CCC(C2CCC(c3ccc(C(F)(F)Oc4cc(F)c(C(F)(F)F)c(F)c4)c(F)c3)CC2)CC1. The number of hydrogen-bond acceptors (Lipinski definition) is 1. The van der Waals surface area contributed by atoms with E-state index in [9.17, 15) is 35.1 Å². The van der Waals surface area contributed by atoms with Crippen LogP contribution in [0.4, 0.5) is 35.1 Å². The molecule has 2 aliphatic carbocycles. The van der Waals surface area contributed by atoms with Crippen LogP contribution in [0.2, 0.25) is 0 Å². The van der Waals surface area contributed by atoms with Crippen LogP contribution in [0.1, 0.15) is 87.3 Å². The number of rotatable bonds is 6. The molecule has 2 aliphatic rings. The number of halogens is 8. The average molecular weight is 535 g/mol. The zero-order valence-electron chi connectivity index (χ0n) is 20.5. The minimum absolute atomic E-state index is 0.000744. The molecule has 2 aromatic carbocycles. The third kappa shape index (κ3) is 6.23. The monoisotopic (exact) mass is 534 g/mol. The van der Waals surface area contributed by atoms with Crippen LogP contribution < -0.4 is 4.74 Å². The van der Waals surface area contributed by atoms with Gasteiger partial charge in [-0.2, -0.15) is 22.0 Å². The predicted molar refractivity (Wildman–Crippen MR) is 123 cm³/mol. The van der Waals surface area contributed by atoms with Gasteiger partial charge in [0.1, 0.15) is 28.8 Å². The van der Waals surface area contributed by atoms with Gasteiger partial charge in [0.15, 0.2) is 0 Å². The molecule has 2 saturated carbocycles. The maximum Gasteiger partial charge on any atom is 0.429 e. The van der Waals surface area contributed by atoms with E-state index in [1.165, 1.54) is 38.2 Å². The fourth-order valence-corrected chi connectivity index (χ4v) is 6.10. The Labute approximate surface area is 211 Å². The van der Waals surface area contributed by atoms with Crippen molar-refractivity contribution in [1.82, 2.24) is 0 Å². The summed E-state index contributed by atoms with van der Waals surface area (Å²) in [6.07, 6.45) is 0.260. The lowest BCUT2D eigenvalue weighted by molar-refractivity contribution is -0.187. The Balaban J connectivity index is 1.41. The molecule has 2 aromatic rings. The molecule has 0 radical (unpaired) electrons. The minimum Gasteiger partial charge on any atom is -0.429 e. The lowest BCUT2D eigenvalue weighted by atomic mass is 9.68. The Hall–Kier alpha value is -2.32. The summed E-state index contributed by atoms with van der Waals surface area (Å²) in [6.45, 7) is 2.23. The summed E-state index contributed by atoms with van der Waals surface area (Å²) >= 11 is 0. The lowest BCUT2D eigenvalue weighted by Gasteiger charge is -2.38. The van der Waals surface area contributed by atoms with Gasteiger partial charge in [0.2, 0.25) is 0 Å². The molecule has 0 aliphatic heterocycles. The standard InChI is InChI=1S/C28H30F8O/c1-2-16-3-5-17(6-4-16)18-7-9-19(10-8-18)20-11-12-22(23(29)13-20)28(35,36)37-21-14-24(30)26(25(31)15-21)27(32,33)34/h11-19H,2-10H2,1H3. The summed E-state index contributed by atoms with van der Waals surface area (Å²) in [6, 6.07) is 3.27. The topological polar surface area (TPSA) is 9.23 Å². The van der Waals surface area contributed by atoms with Gasteiger partial charge >= 0.3 is 12.3 Å². The van der Waals surface area contributed by atoms with Gasteiger partial charge in [0.05, 0.1) is 5.56 Å². The zero-order valence-corrected chi connectivity index (χ0v) is 20.5. The minimum atomic E-state index is -5.36. The van der Waals surface area contributed by atoms with E-state index in [0.29, 0.717) is 11.5 Å². The van der Waals surface area contributed by atoms with Crippen LogP contribution in [0.15, 0.2) is 30.3 Å². The van der Waals surface area contributed by atoms with E-state index >= 15 is 0 Å². The van der Waals surface area contributed by atoms with E-state index < -0.39 is 46.6 Å². The van der Waals surface area contributed by atoms with Crippen LogP contribution in [0.5, 0.6) is 5.75 Å². The molecule has 4 rings (SSSR count). The Morgan fingerprint density at radius 3 is 1.76 bits per heavy atom. The van der Waals surface area contributed by atoms with Crippen molar-refractivity contribution in [2.24, 2.45) is 17.8 Å². The van der Waals surface area contributed by atoms with Crippen LogP contribution in [-0.2, 0) is 12.3 Å². The molecule has 0 atom stereocenters. The number of alkyl halides is 5. The molecule has 37 heavy (non-hydrogen) atoms. The largest absolute Gasteiger partial charge is 0.429 e. The smallest absolute Gasteiger partial charge is 0.429 e. The van der Waals surface area contributed by atoms with Crippen molar-refractivity contribution >= 4 is 0 Å². The molecule has 0 aromatic heterocycles. The van der Waals surface area contributed by atoms with Gasteiger partial charge < -0.3 is 4.74 Å². The third-order valence-electron chi connectivity index (χ3n) is 8.23. The number of ether oxygens (including phenoxy) is 1. The van der Waals surface area contributed by atoms with Crippen molar-refractivity contribution in [3.8, 4) is 5.75 Å². The van der Waals surface area contributed by atoms with Gasteiger partial charge in [-0.05, 0) is 79.9 Å². The molecular weight excluding hydrogens is 504 g/mol. The lowest BCUT2D eigenvalue weighted by Crippen LogP contribution is -2.26. The quantitative estimate of drug-likeness (QED) is 0.335. The Bertz CT molecular complexity index is 1060. The molecule has 0 spiro atoms. The number of hydrogen-bond donors (Lipinski definition) is 0. The first-order valence-corrected chi connectivity index (χ1v) is 12.8. The Morgan fingerprint density at radius 2 is 1.27 bits per heavy atom. The first kappa shape index (κ1) is 27.7. The van der Waals surface area contributed by atoms with Crippen molar-refractivity contribution in [1.29, 1.82) is 0 Å². The van der Waals surface area contributed by atoms with E-state index in [1.807, 2.05) is 0 Å². The molecule has 0 N–H and O–H groups in total. The maximum absolute atomic E-state index is 14.8. The highest BCUT2D eigenvalue weighted by Gasteiger charge is 2.41. The fourth-order valence-electron chi connectivity index (χ4n) is 6.10. The van der Waals surface area contributed by atoms with Crippen molar-refractivity contribution in [3.63, 3.8) is 0 Å². The molecule has 2 fully saturated rings.